The third-order valence-corrected chi connectivity index (χ3v) is 4.21. The fraction of sp³-hybridized carbons (Fsp3) is 0.421. The second-order valence-corrected chi connectivity index (χ2v) is 6.88. The highest BCUT2D eigenvalue weighted by atomic mass is 16.4. The van der Waals surface area contributed by atoms with E-state index in [9.17, 15) is 4.79 Å². The highest BCUT2D eigenvalue weighted by molar-refractivity contribution is 5.97. The second-order valence-electron chi connectivity index (χ2n) is 6.88. The Hall–Kier alpha value is -2.63. The summed E-state index contributed by atoms with van der Waals surface area (Å²) in [5.74, 6) is 1.28. The van der Waals surface area contributed by atoms with Gasteiger partial charge in [-0.15, -0.1) is 10.2 Å². The molecule has 2 aromatic heterocycles. The Morgan fingerprint density at radius 2 is 2.04 bits per heavy atom. The van der Waals surface area contributed by atoms with E-state index in [-0.39, 0.29) is 18.4 Å². The molecule has 0 aliphatic rings. The molecule has 0 saturated carbocycles. The van der Waals surface area contributed by atoms with Crippen LogP contribution in [0.2, 0.25) is 0 Å². The van der Waals surface area contributed by atoms with Gasteiger partial charge in [0.1, 0.15) is 6.42 Å². The van der Waals surface area contributed by atoms with Crippen molar-refractivity contribution in [2.24, 2.45) is 5.92 Å². The van der Waals surface area contributed by atoms with Crippen molar-refractivity contribution < 1.29 is 9.21 Å². The molecular formula is C19H24N4O2. The molecule has 0 unspecified atom stereocenters. The van der Waals surface area contributed by atoms with E-state index in [1.54, 1.807) is 6.92 Å². The van der Waals surface area contributed by atoms with E-state index in [1.807, 2.05) is 35.4 Å². The van der Waals surface area contributed by atoms with Gasteiger partial charge in [-0.05, 0) is 43.5 Å². The number of H-pyrrole nitrogens is 1. The summed E-state index contributed by atoms with van der Waals surface area (Å²) in [6, 6.07) is 8.11. The zero-order chi connectivity index (χ0) is 18.0. The number of nitrogens with one attached hydrogen (secondary N) is 1. The molecule has 1 N–H and O–H groups in total. The Morgan fingerprint density at radius 3 is 2.72 bits per heavy atom. The van der Waals surface area contributed by atoms with Crippen LogP contribution in [0.25, 0.3) is 10.9 Å². The predicted octanol–water partition coefficient (Wildman–Crippen LogP) is 3.87. The topological polar surface area (TPSA) is 75.0 Å². The van der Waals surface area contributed by atoms with Crippen molar-refractivity contribution in [1.82, 2.24) is 15.2 Å². The van der Waals surface area contributed by atoms with Crippen LogP contribution in [0.1, 0.15) is 39.0 Å². The Bertz CT molecular complexity index is 865. The van der Waals surface area contributed by atoms with Crippen molar-refractivity contribution in [3.05, 3.63) is 42.2 Å². The minimum Gasteiger partial charge on any atom is -0.425 e. The summed E-state index contributed by atoms with van der Waals surface area (Å²) in [4.78, 5) is 18.0. The molecular weight excluding hydrogens is 316 g/mol. The number of carbonyl (C=O) groups excluding carboxylic acids is 1. The number of anilines is 1. The smallest absolute Gasteiger partial charge is 0.236 e. The molecule has 0 bridgehead atoms. The summed E-state index contributed by atoms with van der Waals surface area (Å²) in [5, 5.41) is 8.85. The third kappa shape index (κ3) is 3.90. The van der Waals surface area contributed by atoms with Gasteiger partial charge in [0.25, 0.3) is 0 Å². The molecule has 132 valence electrons. The Balaban J connectivity index is 1.91. The zero-order valence-corrected chi connectivity index (χ0v) is 15.1. The first kappa shape index (κ1) is 17.2. The number of fused-ring (bicyclic) bond motifs is 1. The molecule has 0 saturated heterocycles. The summed E-state index contributed by atoms with van der Waals surface area (Å²) in [6.07, 6.45) is 2.92. The number of benzene rings is 1. The van der Waals surface area contributed by atoms with Crippen molar-refractivity contribution in [1.29, 1.82) is 0 Å². The summed E-state index contributed by atoms with van der Waals surface area (Å²) < 4.78 is 5.38. The first-order valence-corrected chi connectivity index (χ1v) is 8.62. The van der Waals surface area contributed by atoms with E-state index >= 15 is 0 Å². The van der Waals surface area contributed by atoms with E-state index in [4.69, 9.17) is 4.42 Å². The summed E-state index contributed by atoms with van der Waals surface area (Å²) in [7, 11) is 0. The maximum Gasteiger partial charge on any atom is 0.236 e. The zero-order valence-electron chi connectivity index (χ0n) is 15.1. The van der Waals surface area contributed by atoms with Crippen molar-refractivity contribution in [2.75, 3.05) is 4.90 Å². The minimum absolute atomic E-state index is 0.0355. The molecule has 0 aliphatic carbocycles. The maximum absolute atomic E-state index is 13.0. The number of aromatic nitrogens is 3. The lowest BCUT2D eigenvalue weighted by molar-refractivity contribution is -0.118. The molecule has 6 heteroatoms. The molecule has 1 atom stereocenters. The van der Waals surface area contributed by atoms with Crippen LogP contribution < -0.4 is 4.90 Å². The van der Waals surface area contributed by atoms with Gasteiger partial charge in [-0.3, -0.25) is 4.79 Å². The lowest BCUT2D eigenvalue weighted by Gasteiger charge is -2.30. The molecule has 25 heavy (non-hydrogen) atoms. The molecule has 0 spiro atoms. The standard InChI is InChI=1S/C19H24N4O2/c1-12(2)9-13(3)23(19(24)11-18-22-21-14(4)25-18)16-5-6-17-15(10-16)7-8-20-17/h5-8,10,12-13,20H,9,11H2,1-4H3/t13-/m0/s1. The van der Waals surface area contributed by atoms with Crippen LogP contribution in [0.5, 0.6) is 0 Å². The molecule has 3 aromatic rings. The predicted molar refractivity (Wildman–Crippen MR) is 97.4 cm³/mol. The first-order valence-electron chi connectivity index (χ1n) is 8.62. The molecule has 0 radical (unpaired) electrons. The Labute approximate surface area is 147 Å². The molecule has 0 fully saturated rings. The van der Waals surface area contributed by atoms with E-state index in [2.05, 4.69) is 36.0 Å². The number of carbonyl (C=O) groups is 1. The van der Waals surface area contributed by atoms with Gasteiger partial charge in [0.2, 0.25) is 17.7 Å². The summed E-state index contributed by atoms with van der Waals surface area (Å²) in [5.41, 5.74) is 1.95. The quantitative estimate of drug-likeness (QED) is 0.739. The fourth-order valence-corrected chi connectivity index (χ4v) is 3.25. The lowest BCUT2D eigenvalue weighted by atomic mass is 10.0. The van der Waals surface area contributed by atoms with Gasteiger partial charge in [0.15, 0.2) is 0 Å². The van der Waals surface area contributed by atoms with Gasteiger partial charge < -0.3 is 14.3 Å². The van der Waals surface area contributed by atoms with Crippen LogP contribution in [0.3, 0.4) is 0 Å². The van der Waals surface area contributed by atoms with Gasteiger partial charge >= 0.3 is 0 Å². The van der Waals surface area contributed by atoms with Crippen molar-refractivity contribution >= 4 is 22.5 Å². The van der Waals surface area contributed by atoms with Crippen LogP contribution in [-0.2, 0) is 11.2 Å². The molecule has 6 nitrogen and oxygen atoms in total. The number of nitrogens with zero attached hydrogens (tertiary/aromatic N) is 3. The molecule has 3 rings (SSSR count). The average molecular weight is 340 g/mol. The maximum atomic E-state index is 13.0. The van der Waals surface area contributed by atoms with Gasteiger partial charge in [0.05, 0.1) is 0 Å². The van der Waals surface area contributed by atoms with E-state index in [0.717, 1.165) is 23.0 Å². The number of hydrogen-bond donors (Lipinski definition) is 1. The number of hydrogen-bond acceptors (Lipinski definition) is 4. The van der Waals surface area contributed by atoms with E-state index in [1.165, 1.54) is 0 Å². The second kappa shape index (κ2) is 7.09. The van der Waals surface area contributed by atoms with E-state index in [0.29, 0.717) is 17.7 Å². The third-order valence-electron chi connectivity index (χ3n) is 4.21. The van der Waals surface area contributed by atoms with Gasteiger partial charge in [-0.25, -0.2) is 0 Å². The monoisotopic (exact) mass is 340 g/mol. The molecule has 0 aliphatic heterocycles. The molecule has 2 heterocycles. The number of amides is 1. The number of aromatic amines is 1. The van der Waals surface area contributed by atoms with Crippen LogP contribution in [0.15, 0.2) is 34.9 Å². The Morgan fingerprint density at radius 1 is 1.24 bits per heavy atom. The number of rotatable bonds is 6. The van der Waals surface area contributed by atoms with E-state index < -0.39 is 0 Å². The molecule has 1 amide bonds. The lowest BCUT2D eigenvalue weighted by Crippen LogP contribution is -2.40. The van der Waals surface area contributed by atoms with Gasteiger partial charge in [0, 0.05) is 35.8 Å². The van der Waals surface area contributed by atoms with Crippen molar-refractivity contribution in [3.63, 3.8) is 0 Å². The van der Waals surface area contributed by atoms with Crippen molar-refractivity contribution in [2.45, 2.75) is 46.6 Å². The molecule has 1 aromatic carbocycles. The fourth-order valence-electron chi connectivity index (χ4n) is 3.25. The SMILES string of the molecule is Cc1nnc(CC(=O)N(c2ccc3[nH]ccc3c2)[C@@H](C)CC(C)C)o1. The average Bonchev–Trinajstić information content (AvgIpc) is 3.15. The van der Waals surface area contributed by atoms with Crippen LogP contribution in [-0.4, -0.2) is 27.1 Å². The summed E-state index contributed by atoms with van der Waals surface area (Å²) >= 11 is 0. The van der Waals surface area contributed by atoms with Crippen LogP contribution in [0, 0.1) is 12.8 Å². The highest BCUT2D eigenvalue weighted by Gasteiger charge is 2.25. The van der Waals surface area contributed by atoms with Crippen LogP contribution in [0.4, 0.5) is 5.69 Å². The largest absolute Gasteiger partial charge is 0.425 e. The Kier molecular flexibility index (Phi) is 4.88. The van der Waals surface area contributed by atoms with Gasteiger partial charge in [-0.2, -0.15) is 0 Å². The normalized spacial score (nSPS) is 12.7. The minimum atomic E-state index is -0.0355. The summed E-state index contributed by atoms with van der Waals surface area (Å²) in [6.45, 7) is 8.13. The van der Waals surface area contributed by atoms with Gasteiger partial charge in [-0.1, -0.05) is 13.8 Å². The number of aryl methyl sites for hydroxylation is 1. The highest BCUT2D eigenvalue weighted by Crippen LogP contribution is 2.26. The van der Waals surface area contributed by atoms with Crippen molar-refractivity contribution in [3.8, 4) is 0 Å². The first-order chi connectivity index (χ1) is 11.9. The van der Waals surface area contributed by atoms with Crippen LogP contribution >= 0.6 is 0 Å².